The molecule has 94 valence electrons. The third kappa shape index (κ3) is 4.41. The van der Waals surface area contributed by atoms with Gasteiger partial charge < -0.3 is 10.6 Å². The van der Waals surface area contributed by atoms with E-state index in [2.05, 4.69) is 38.0 Å². The van der Waals surface area contributed by atoms with E-state index in [-0.39, 0.29) is 5.91 Å². The molecule has 1 aliphatic heterocycles. The summed E-state index contributed by atoms with van der Waals surface area (Å²) in [5, 5.41) is 8.34. The van der Waals surface area contributed by atoms with E-state index in [0.717, 1.165) is 36.9 Å². The number of halogens is 1. The van der Waals surface area contributed by atoms with Crippen molar-refractivity contribution in [2.45, 2.75) is 19.3 Å². The molecule has 0 bridgehead atoms. The van der Waals surface area contributed by atoms with Crippen molar-refractivity contribution in [1.29, 1.82) is 0 Å². The third-order valence-corrected chi connectivity index (χ3v) is 4.71. The predicted molar refractivity (Wildman–Crippen MR) is 74.3 cm³/mol. The average molecular weight is 317 g/mol. The number of nitrogens with one attached hydrogen (secondary N) is 2. The van der Waals surface area contributed by atoms with Crippen LogP contribution in [-0.2, 0) is 11.2 Å². The number of carbonyl (C=O) groups excluding carboxylic acids is 1. The summed E-state index contributed by atoms with van der Waals surface area (Å²) < 4.78 is 1.13. The van der Waals surface area contributed by atoms with Gasteiger partial charge in [-0.05, 0) is 53.8 Å². The number of hydrogen-bond donors (Lipinski definition) is 2. The first-order chi connectivity index (χ1) is 8.24. The molecule has 3 nitrogen and oxygen atoms in total. The normalized spacial score (nSPS) is 19.5. The molecule has 17 heavy (non-hydrogen) atoms. The highest BCUT2D eigenvalue weighted by Gasteiger charge is 2.17. The van der Waals surface area contributed by atoms with Gasteiger partial charge in [-0.15, -0.1) is 11.3 Å². The molecule has 2 N–H and O–H groups in total. The zero-order valence-corrected chi connectivity index (χ0v) is 12.1. The summed E-state index contributed by atoms with van der Waals surface area (Å²) in [5.74, 6) is 0.722. The molecule has 1 atom stereocenters. The summed E-state index contributed by atoms with van der Waals surface area (Å²) in [4.78, 5) is 13.0. The maximum absolute atomic E-state index is 11.6. The third-order valence-electron chi connectivity index (χ3n) is 2.95. The number of hydrogen-bond acceptors (Lipinski definition) is 3. The van der Waals surface area contributed by atoms with Crippen molar-refractivity contribution in [2.75, 3.05) is 19.6 Å². The zero-order valence-electron chi connectivity index (χ0n) is 9.67. The van der Waals surface area contributed by atoms with Crippen molar-refractivity contribution in [3.05, 3.63) is 20.8 Å². The van der Waals surface area contributed by atoms with Crippen LogP contribution in [0.4, 0.5) is 0 Å². The molecule has 0 aliphatic carbocycles. The maximum Gasteiger partial charge on any atom is 0.220 e. The number of thiophene rings is 1. The Morgan fingerprint density at radius 1 is 1.65 bits per heavy atom. The van der Waals surface area contributed by atoms with Gasteiger partial charge in [-0.25, -0.2) is 0 Å². The fraction of sp³-hybridized carbons (Fsp3) is 0.583. The molecule has 0 spiro atoms. The summed E-state index contributed by atoms with van der Waals surface area (Å²) in [6.45, 7) is 2.79. The van der Waals surface area contributed by atoms with E-state index >= 15 is 0 Å². The molecule has 2 rings (SSSR count). The smallest absolute Gasteiger partial charge is 0.220 e. The second-order valence-electron chi connectivity index (χ2n) is 4.39. The molecule has 1 saturated heterocycles. The van der Waals surface area contributed by atoms with E-state index in [9.17, 15) is 4.79 Å². The van der Waals surface area contributed by atoms with E-state index < -0.39 is 0 Å². The monoisotopic (exact) mass is 316 g/mol. The number of rotatable bonds is 5. The van der Waals surface area contributed by atoms with Gasteiger partial charge in [-0.3, -0.25) is 4.79 Å². The number of carbonyl (C=O) groups is 1. The highest BCUT2D eigenvalue weighted by molar-refractivity contribution is 9.10. The van der Waals surface area contributed by atoms with Crippen molar-refractivity contribution in [2.24, 2.45) is 5.92 Å². The van der Waals surface area contributed by atoms with Crippen molar-refractivity contribution < 1.29 is 4.79 Å². The van der Waals surface area contributed by atoms with Crippen LogP contribution in [0.5, 0.6) is 0 Å². The van der Waals surface area contributed by atoms with Gasteiger partial charge in [0.05, 0.1) is 0 Å². The Labute approximate surface area is 114 Å². The van der Waals surface area contributed by atoms with Crippen molar-refractivity contribution >= 4 is 33.2 Å². The van der Waals surface area contributed by atoms with Gasteiger partial charge in [0.15, 0.2) is 0 Å². The molecule has 0 radical (unpaired) electrons. The highest BCUT2D eigenvalue weighted by atomic mass is 79.9. The molecule has 5 heteroatoms. The molecule has 1 aromatic heterocycles. The minimum Gasteiger partial charge on any atom is -0.356 e. The first-order valence-electron chi connectivity index (χ1n) is 5.94. The Morgan fingerprint density at radius 3 is 3.18 bits per heavy atom. The molecular formula is C12H17BrN2OS. The van der Waals surface area contributed by atoms with Gasteiger partial charge in [0.1, 0.15) is 0 Å². The Bertz CT molecular complexity index is 374. The van der Waals surface area contributed by atoms with Gasteiger partial charge in [0.2, 0.25) is 5.91 Å². The van der Waals surface area contributed by atoms with E-state index in [1.165, 1.54) is 4.88 Å². The lowest BCUT2D eigenvalue weighted by Gasteiger charge is -2.08. The van der Waals surface area contributed by atoms with Crippen LogP contribution >= 0.6 is 27.3 Å². The van der Waals surface area contributed by atoms with Crippen LogP contribution in [0.25, 0.3) is 0 Å². The van der Waals surface area contributed by atoms with Gasteiger partial charge in [0, 0.05) is 27.7 Å². The molecule has 1 amide bonds. The first-order valence-corrected chi connectivity index (χ1v) is 7.61. The Balaban J connectivity index is 1.62. The Kier molecular flexibility index (Phi) is 5.00. The highest BCUT2D eigenvalue weighted by Crippen LogP contribution is 2.19. The van der Waals surface area contributed by atoms with E-state index in [4.69, 9.17) is 0 Å². The lowest BCUT2D eigenvalue weighted by molar-refractivity contribution is -0.121. The lowest BCUT2D eigenvalue weighted by atomic mass is 10.0. The van der Waals surface area contributed by atoms with Crippen molar-refractivity contribution in [3.8, 4) is 0 Å². The van der Waals surface area contributed by atoms with Crippen LogP contribution in [0.1, 0.15) is 17.7 Å². The molecule has 0 saturated carbocycles. The second-order valence-corrected chi connectivity index (χ2v) is 6.31. The van der Waals surface area contributed by atoms with E-state index in [1.807, 2.05) is 0 Å². The Hall–Kier alpha value is -0.390. The van der Waals surface area contributed by atoms with Crippen LogP contribution in [-0.4, -0.2) is 25.5 Å². The van der Waals surface area contributed by atoms with Gasteiger partial charge in [-0.1, -0.05) is 0 Å². The quantitative estimate of drug-likeness (QED) is 0.874. The zero-order chi connectivity index (χ0) is 12.1. The maximum atomic E-state index is 11.6. The molecule has 1 aromatic rings. The standard InChI is InChI=1S/C12H17BrN2OS/c13-10-6-11(17-8-10)2-4-15-12(16)5-9-1-3-14-7-9/h6,8-9,14H,1-5,7H2,(H,15,16). The largest absolute Gasteiger partial charge is 0.356 e. The lowest BCUT2D eigenvalue weighted by Crippen LogP contribution is -2.28. The van der Waals surface area contributed by atoms with Crippen molar-refractivity contribution in [1.82, 2.24) is 10.6 Å². The molecule has 1 unspecified atom stereocenters. The van der Waals surface area contributed by atoms with Crippen LogP contribution < -0.4 is 10.6 Å². The SMILES string of the molecule is O=C(CC1CCNC1)NCCc1cc(Br)cs1. The van der Waals surface area contributed by atoms with Gasteiger partial charge in [-0.2, -0.15) is 0 Å². The van der Waals surface area contributed by atoms with Crippen molar-refractivity contribution in [3.63, 3.8) is 0 Å². The van der Waals surface area contributed by atoms with Gasteiger partial charge >= 0.3 is 0 Å². The number of amides is 1. The fourth-order valence-corrected chi connectivity index (χ4v) is 3.49. The summed E-state index contributed by atoms with van der Waals surface area (Å²) in [7, 11) is 0. The van der Waals surface area contributed by atoms with E-state index in [1.54, 1.807) is 11.3 Å². The average Bonchev–Trinajstić information content (AvgIpc) is 2.90. The molecule has 1 aliphatic rings. The molecule has 1 fully saturated rings. The summed E-state index contributed by atoms with van der Waals surface area (Å²) in [6, 6.07) is 2.11. The fourth-order valence-electron chi connectivity index (χ4n) is 2.03. The molecule has 0 aromatic carbocycles. The van der Waals surface area contributed by atoms with Crippen LogP contribution in [0.2, 0.25) is 0 Å². The first kappa shape index (κ1) is 13.1. The minimum atomic E-state index is 0.189. The summed E-state index contributed by atoms with van der Waals surface area (Å²) in [5.41, 5.74) is 0. The summed E-state index contributed by atoms with van der Waals surface area (Å²) >= 11 is 5.15. The minimum absolute atomic E-state index is 0.189. The summed E-state index contributed by atoms with van der Waals surface area (Å²) in [6.07, 6.45) is 2.72. The Morgan fingerprint density at radius 2 is 2.53 bits per heavy atom. The van der Waals surface area contributed by atoms with Crippen LogP contribution in [0.15, 0.2) is 15.9 Å². The molecular weight excluding hydrogens is 300 g/mol. The van der Waals surface area contributed by atoms with Gasteiger partial charge in [0.25, 0.3) is 0 Å². The second kappa shape index (κ2) is 6.52. The van der Waals surface area contributed by atoms with Crippen LogP contribution in [0.3, 0.4) is 0 Å². The topological polar surface area (TPSA) is 41.1 Å². The van der Waals surface area contributed by atoms with Crippen LogP contribution in [0, 0.1) is 5.92 Å². The molecule has 2 heterocycles. The van der Waals surface area contributed by atoms with E-state index in [0.29, 0.717) is 12.3 Å². The predicted octanol–water partition coefficient (Wildman–Crippen LogP) is 2.17.